The van der Waals surface area contributed by atoms with Crippen molar-refractivity contribution in [3.8, 4) is 0 Å². The van der Waals surface area contributed by atoms with Crippen LogP contribution in [0.15, 0.2) is 42.9 Å². The Hall–Kier alpha value is -3.00. The van der Waals surface area contributed by atoms with Crippen LogP contribution < -0.4 is 16.0 Å². The summed E-state index contributed by atoms with van der Waals surface area (Å²) in [7, 11) is 0. The van der Waals surface area contributed by atoms with Crippen LogP contribution in [-0.2, 0) is 11.3 Å². The second kappa shape index (κ2) is 7.71. The Bertz CT molecular complexity index is 829. The van der Waals surface area contributed by atoms with Crippen LogP contribution >= 0.6 is 0 Å². The lowest BCUT2D eigenvalue weighted by atomic mass is 9.85. The van der Waals surface area contributed by atoms with Crippen LogP contribution in [0.25, 0.3) is 0 Å². The van der Waals surface area contributed by atoms with Crippen molar-refractivity contribution in [1.29, 1.82) is 0 Å². The van der Waals surface area contributed by atoms with Crippen LogP contribution in [0.1, 0.15) is 40.5 Å². The number of carbonyl (C=O) groups excluding carboxylic acids is 2. The smallest absolute Gasteiger partial charge is 0.317 e. The number of nitrogens with one attached hydrogen (secondary N) is 3. The van der Waals surface area contributed by atoms with Gasteiger partial charge in [-0.3, -0.25) is 4.79 Å². The molecule has 0 bridgehead atoms. The number of nitrogens with zero attached hydrogens (tertiary/aromatic N) is 2. The lowest BCUT2D eigenvalue weighted by Crippen LogP contribution is -2.58. The minimum atomic E-state index is -0.251. The number of aromatic nitrogens is 2. The van der Waals surface area contributed by atoms with E-state index >= 15 is 0 Å². The SMILES string of the molecule is O=C1N[C@H]2OCCC[C@H]2[C@H](c2cccc(CNC(=O)c3ccncn3)c2)N1. The molecular formula is C19H21N5O3. The van der Waals surface area contributed by atoms with Crippen LogP contribution in [-0.4, -0.2) is 34.7 Å². The average molecular weight is 367 g/mol. The Morgan fingerprint density at radius 2 is 2.22 bits per heavy atom. The summed E-state index contributed by atoms with van der Waals surface area (Å²) in [6.45, 7) is 1.05. The molecule has 1 aromatic heterocycles. The molecule has 0 radical (unpaired) electrons. The number of hydrogen-bond donors (Lipinski definition) is 3. The molecule has 0 aliphatic carbocycles. The van der Waals surface area contributed by atoms with Crippen molar-refractivity contribution < 1.29 is 14.3 Å². The van der Waals surface area contributed by atoms with Gasteiger partial charge in [-0.15, -0.1) is 0 Å². The van der Waals surface area contributed by atoms with Crippen molar-refractivity contribution in [2.24, 2.45) is 5.92 Å². The summed E-state index contributed by atoms with van der Waals surface area (Å²) >= 11 is 0. The lowest BCUT2D eigenvalue weighted by Gasteiger charge is -2.42. The molecule has 2 aliphatic heterocycles. The molecule has 0 spiro atoms. The van der Waals surface area contributed by atoms with Gasteiger partial charge in [-0.05, 0) is 30.0 Å². The highest BCUT2D eigenvalue weighted by atomic mass is 16.5. The van der Waals surface area contributed by atoms with Crippen molar-refractivity contribution in [1.82, 2.24) is 25.9 Å². The summed E-state index contributed by atoms with van der Waals surface area (Å²) < 4.78 is 5.72. The number of amides is 3. The number of fused-ring (bicyclic) bond motifs is 1. The van der Waals surface area contributed by atoms with E-state index in [9.17, 15) is 9.59 Å². The highest BCUT2D eigenvalue weighted by Gasteiger charge is 2.39. The van der Waals surface area contributed by atoms with Gasteiger partial charge in [0.1, 0.15) is 18.2 Å². The Morgan fingerprint density at radius 3 is 3.07 bits per heavy atom. The molecule has 3 N–H and O–H groups in total. The predicted octanol–water partition coefficient (Wildman–Crippen LogP) is 1.51. The largest absolute Gasteiger partial charge is 0.358 e. The van der Waals surface area contributed by atoms with Gasteiger partial charge in [-0.2, -0.15) is 0 Å². The summed E-state index contributed by atoms with van der Waals surface area (Å²) in [5.74, 6) is -0.0685. The van der Waals surface area contributed by atoms with Crippen molar-refractivity contribution in [3.63, 3.8) is 0 Å². The number of hydrogen-bond acceptors (Lipinski definition) is 5. The third kappa shape index (κ3) is 3.90. The third-order valence-electron chi connectivity index (χ3n) is 4.93. The minimum absolute atomic E-state index is 0.110. The third-order valence-corrected chi connectivity index (χ3v) is 4.93. The molecule has 3 amide bonds. The molecule has 8 heteroatoms. The van der Waals surface area contributed by atoms with Crippen LogP contribution in [0.5, 0.6) is 0 Å². The lowest BCUT2D eigenvalue weighted by molar-refractivity contribution is -0.0602. The van der Waals surface area contributed by atoms with E-state index in [-0.39, 0.29) is 30.1 Å². The molecule has 3 heterocycles. The predicted molar refractivity (Wildman–Crippen MR) is 96.5 cm³/mol. The zero-order chi connectivity index (χ0) is 18.6. The highest BCUT2D eigenvalue weighted by Crippen LogP contribution is 2.34. The molecule has 140 valence electrons. The molecular weight excluding hydrogens is 346 g/mol. The number of carbonyl (C=O) groups is 2. The van der Waals surface area contributed by atoms with Crippen LogP contribution in [0, 0.1) is 5.92 Å². The van der Waals surface area contributed by atoms with Gasteiger partial charge in [0.25, 0.3) is 5.91 Å². The number of rotatable bonds is 4. The normalized spacial score (nSPS) is 24.3. The monoisotopic (exact) mass is 367 g/mol. The summed E-state index contributed by atoms with van der Waals surface area (Å²) in [6, 6.07) is 9.14. The second-order valence-electron chi connectivity index (χ2n) is 6.72. The van der Waals surface area contributed by atoms with E-state index in [1.54, 1.807) is 6.07 Å². The second-order valence-corrected chi connectivity index (χ2v) is 6.72. The van der Waals surface area contributed by atoms with E-state index in [0.29, 0.717) is 18.8 Å². The van der Waals surface area contributed by atoms with Gasteiger partial charge < -0.3 is 20.7 Å². The first-order chi connectivity index (χ1) is 13.2. The average Bonchev–Trinajstić information content (AvgIpc) is 2.72. The molecule has 1 aromatic carbocycles. The first-order valence-corrected chi connectivity index (χ1v) is 9.02. The molecule has 0 unspecified atom stereocenters. The Labute approximate surface area is 156 Å². The fraction of sp³-hybridized carbons (Fsp3) is 0.368. The van der Waals surface area contributed by atoms with E-state index in [1.807, 2.05) is 24.3 Å². The standard InChI is InChI=1S/C19H21N5O3/c25-17(15-6-7-20-11-22-15)21-10-12-3-1-4-13(9-12)16-14-5-2-8-27-18(14)24-19(26)23-16/h1,3-4,6-7,9,11,14,16,18H,2,5,8,10H2,(H,21,25)(H2,23,24,26)/t14-,16-,18-/m0/s1. The topological polar surface area (TPSA) is 105 Å². The Balaban J connectivity index is 1.47. The zero-order valence-electron chi connectivity index (χ0n) is 14.7. The van der Waals surface area contributed by atoms with Crippen LogP contribution in [0.4, 0.5) is 4.79 Å². The first-order valence-electron chi connectivity index (χ1n) is 9.02. The number of ether oxygens (including phenoxy) is 1. The van der Waals surface area contributed by atoms with E-state index in [4.69, 9.17) is 4.74 Å². The van der Waals surface area contributed by atoms with Crippen molar-refractivity contribution in [2.75, 3.05) is 6.61 Å². The summed E-state index contributed by atoms with van der Waals surface area (Å²) in [6.07, 6.45) is 4.59. The van der Waals surface area contributed by atoms with Crippen molar-refractivity contribution >= 4 is 11.9 Å². The van der Waals surface area contributed by atoms with Crippen LogP contribution in [0.2, 0.25) is 0 Å². The van der Waals surface area contributed by atoms with Crippen molar-refractivity contribution in [2.45, 2.75) is 31.7 Å². The van der Waals surface area contributed by atoms with Gasteiger partial charge in [0.05, 0.1) is 6.04 Å². The van der Waals surface area contributed by atoms with Crippen molar-refractivity contribution in [3.05, 3.63) is 59.7 Å². The van der Waals surface area contributed by atoms with Gasteiger partial charge in [-0.1, -0.05) is 24.3 Å². The molecule has 2 fully saturated rings. The molecule has 2 aliphatic rings. The fourth-order valence-corrected chi connectivity index (χ4v) is 3.64. The fourth-order valence-electron chi connectivity index (χ4n) is 3.64. The Kier molecular flexibility index (Phi) is 4.97. The maximum absolute atomic E-state index is 12.2. The molecule has 2 saturated heterocycles. The molecule has 3 atom stereocenters. The molecule has 2 aromatic rings. The molecule has 8 nitrogen and oxygen atoms in total. The summed E-state index contributed by atoms with van der Waals surface area (Å²) in [5, 5.41) is 8.72. The van der Waals surface area contributed by atoms with E-state index < -0.39 is 0 Å². The van der Waals surface area contributed by atoms with Gasteiger partial charge in [0.2, 0.25) is 0 Å². The minimum Gasteiger partial charge on any atom is -0.358 e. The molecule has 27 heavy (non-hydrogen) atoms. The van der Waals surface area contributed by atoms with E-state index in [1.165, 1.54) is 12.5 Å². The molecule has 0 saturated carbocycles. The van der Waals surface area contributed by atoms with Gasteiger partial charge >= 0.3 is 6.03 Å². The summed E-state index contributed by atoms with van der Waals surface area (Å²) in [5.41, 5.74) is 2.30. The van der Waals surface area contributed by atoms with E-state index in [0.717, 1.165) is 24.0 Å². The zero-order valence-corrected chi connectivity index (χ0v) is 14.7. The first kappa shape index (κ1) is 17.4. The Morgan fingerprint density at radius 1 is 1.30 bits per heavy atom. The van der Waals surface area contributed by atoms with Crippen LogP contribution in [0.3, 0.4) is 0 Å². The van der Waals surface area contributed by atoms with Gasteiger partial charge in [0, 0.05) is 25.3 Å². The quantitative estimate of drug-likeness (QED) is 0.760. The maximum Gasteiger partial charge on any atom is 0.317 e. The summed E-state index contributed by atoms with van der Waals surface area (Å²) in [4.78, 5) is 31.9. The highest BCUT2D eigenvalue weighted by molar-refractivity contribution is 5.91. The maximum atomic E-state index is 12.2. The molecule has 4 rings (SSSR count). The number of benzene rings is 1. The number of urea groups is 1. The van der Waals surface area contributed by atoms with E-state index in [2.05, 4.69) is 25.9 Å². The van der Waals surface area contributed by atoms with Gasteiger partial charge in [0.15, 0.2) is 0 Å². The van der Waals surface area contributed by atoms with Gasteiger partial charge in [-0.25, -0.2) is 14.8 Å².